The van der Waals surface area contributed by atoms with Crippen molar-refractivity contribution in [2.45, 2.75) is 83.7 Å². The van der Waals surface area contributed by atoms with Gasteiger partial charge in [-0.3, -0.25) is 4.57 Å². The van der Waals surface area contributed by atoms with Crippen molar-refractivity contribution in [3.63, 3.8) is 0 Å². The molecule has 4 unspecified atom stereocenters. The van der Waals surface area contributed by atoms with Gasteiger partial charge in [0.1, 0.15) is 18.3 Å². The number of aliphatic hydroxyl groups excluding tert-OH is 1. The van der Waals surface area contributed by atoms with Crippen molar-refractivity contribution in [1.82, 2.24) is 0 Å². The van der Waals surface area contributed by atoms with Gasteiger partial charge in [0.2, 0.25) is 0 Å². The maximum atomic E-state index is 13.3. The van der Waals surface area contributed by atoms with Crippen LogP contribution in [-0.4, -0.2) is 53.9 Å². The van der Waals surface area contributed by atoms with Crippen molar-refractivity contribution in [2.24, 2.45) is 0 Å². The van der Waals surface area contributed by atoms with Crippen LogP contribution in [0, 0.1) is 0 Å². The van der Waals surface area contributed by atoms with E-state index in [1.807, 2.05) is 0 Å². The minimum atomic E-state index is -3.59. The second kappa shape index (κ2) is 6.48. The van der Waals surface area contributed by atoms with E-state index in [1.165, 1.54) is 0 Å². The van der Waals surface area contributed by atoms with Gasteiger partial charge in [0.15, 0.2) is 11.6 Å². The number of hydrogen-bond donors (Lipinski definition) is 1. The molecule has 0 radical (unpaired) electrons. The minimum Gasteiger partial charge on any atom is -0.394 e. The molecule has 2 fully saturated rings. The summed E-state index contributed by atoms with van der Waals surface area (Å²) in [6.45, 7) is 10.4. The second-order valence-corrected chi connectivity index (χ2v) is 8.67. The Kier molecular flexibility index (Phi) is 5.40. The van der Waals surface area contributed by atoms with E-state index in [0.29, 0.717) is 0 Å². The van der Waals surface area contributed by atoms with Crippen LogP contribution in [0.5, 0.6) is 0 Å². The predicted molar refractivity (Wildman–Crippen MR) is 79.6 cm³/mol. The molecule has 130 valence electrons. The Morgan fingerprint density at radius 3 is 2.05 bits per heavy atom. The smallest absolute Gasteiger partial charge is 0.362 e. The van der Waals surface area contributed by atoms with E-state index in [-0.39, 0.29) is 18.8 Å². The van der Waals surface area contributed by atoms with E-state index < -0.39 is 37.5 Å². The van der Waals surface area contributed by atoms with Crippen molar-refractivity contribution in [3.05, 3.63) is 0 Å². The van der Waals surface area contributed by atoms with Crippen LogP contribution in [0.3, 0.4) is 0 Å². The summed E-state index contributed by atoms with van der Waals surface area (Å²) in [4.78, 5) is 0. The summed E-state index contributed by atoms with van der Waals surface area (Å²) in [5.41, 5.74) is 0. The van der Waals surface area contributed by atoms with Crippen LogP contribution >= 0.6 is 7.60 Å². The lowest BCUT2D eigenvalue weighted by atomic mass is 10.2. The Hall–Kier alpha value is -0.0100. The molecule has 7 nitrogen and oxygen atoms in total. The Balaban J connectivity index is 2.29. The zero-order chi connectivity index (χ0) is 16.7. The molecule has 2 rings (SSSR count). The summed E-state index contributed by atoms with van der Waals surface area (Å²) in [5, 5.41) is 9.50. The summed E-state index contributed by atoms with van der Waals surface area (Å²) in [7, 11) is -3.59. The lowest BCUT2D eigenvalue weighted by molar-refractivity contribution is -0.184. The van der Waals surface area contributed by atoms with Gasteiger partial charge in [-0.15, -0.1) is 0 Å². The Morgan fingerprint density at radius 1 is 1.09 bits per heavy atom. The van der Waals surface area contributed by atoms with Crippen molar-refractivity contribution >= 4 is 7.60 Å². The number of fused-ring (bicyclic) bond motifs is 1. The van der Waals surface area contributed by atoms with Gasteiger partial charge in [0.05, 0.1) is 18.8 Å². The molecule has 0 saturated carbocycles. The molecule has 0 aromatic heterocycles. The van der Waals surface area contributed by atoms with E-state index in [9.17, 15) is 9.67 Å². The van der Waals surface area contributed by atoms with E-state index in [2.05, 4.69) is 0 Å². The first-order chi connectivity index (χ1) is 10.1. The van der Waals surface area contributed by atoms with Crippen LogP contribution in [0.2, 0.25) is 0 Å². The fourth-order valence-corrected chi connectivity index (χ4v) is 5.15. The lowest BCUT2D eigenvalue weighted by Gasteiger charge is -2.30. The highest BCUT2D eigenvalue weighted by Crippen LogP contribution is 2.61. The summed E-state index contributed by atoms with van der Waals surface area (Å²) in [6, 6.07) is 0. The number of rotatable bonds is 6. The van der Waals surface area contributed by atoms with Crippen molar-refractivity contribution in [1.29, 1.82) is 0 Å². The SMILES string of the molecule is CC(C)OP(=O)(OC(C)C)C1OC(CO)C2OC(C)(C)OC21. The summed E-state index contributed by atoms with van der Waals surface area (Å²) >= 11 is 0. The molecule has 4 atom stereocenters. The molecule has 8 heteroatoms. The minimum absolute atomic E-state index is 0.250. The molecule has 0 spiro atoms. The van der Waals surface area contributed by atoms with E-state index >= 15 is 0 Å². The van der Waals surface area contributed by atoms with Crippen LogP contribution in [0.25, 0.3) is 0 Å². The molecule has 22 heavy (non-hydrogen) atoms. The largest absolute Gasteiger partial charge is 0.394 e. The quantitative estimate of drug-likeness (QED) is 0.744. The molecule has 0 aromatic carbocycles. The average Bonchev–Trinajstić information content (AvgIpc) is 2.79. The monoisotopic (exact) mass is 338 g/mol. The van der Waals surface area contributed by atoms with Crippen molar-refractivity contribution in [2.75, 3.05) is 6.61 Å². The highest BCUT2D eigenvalue weighted by atomic mass is 31.2. The highest BCUT2D eigenvalue weighted by Gasteiger charge is 2.61. The van der Waals surface area contributed by atoms with Crippen molar-refractivity contribution in [3.8, 4) is 0 Å². The normalized spacial score (nSPS) is 34.6. The second-order valence-electron chi connectivity index (χ2n) is 6.66. The number of aliphatic hydroxyl groups is 1. The van der Waals surface area contributed by atoms with Gasteiger partial charge in [0.25, 0.3) is 0 Å². The first kappa shape index (κ1) is 18.3. The third-order valence-corrected chi connectivity index (χ3v) is 5.80. The van der Waals surface area contributed by atoms with Gasteiger partial charge in [-0.1, -0.05) is 0 Å². The Labute approximate surface area is 131 Å². The molecule has 2 saturated heterocycles. The molecule has 0 bridgehead atoms. The fourth-order valence-electron chi connectivity index (χ4n) is 2.79. The zero-order valence-corrected chi connectivity index (χ0v) is 14.9. The molecule has 2 heterocycles. The first-order valence-electron chi connectivity index (χ1n) is 7.66. The molecule has 2 aliphatic rings. The number of hydrogen-bond acceptors (Lipinski definition) is 7. The number of ether oxygens (including phenoxy) is 3. The average molecular weight is 338 g/mol. The van der Waals surface area contributed by atoms with Crippen LogP contribution in [0.15, 0.2) is 0 Å². The van der Waals surface area contributed by atoms with E-state index in [4.69, 9.17) is 23.3 Å². The van der Waals surface area contributed by atoms with E-state index in [0.717, 1.165) is 0 Å². The maximum Gasteiger partial charge on any atom is 0.362 e. The molecule has 0 amide bonds. The first-order valence-corrected chi connectivity index (χ1v) is 9.27. The Bertz CT molecular complexity index is 423. The van der Waals surface area contributed by atoms with Crippen LogP contribution < -0.4 is 0 Å². The molecule has 2 aliphatic heterocycles. The molecule has 0 aromatic rings. The molecule has 0 aliphatic carbocycles. The Morgan fingerprint density at radius 2 is 1.59 bits per heavy atom. The maximum absolute atomic E-state index is 13.3. The molecular weight excluding hydrogens is 311 g/mol. The van der Waals surface area contributed by atoms with Crippen LogP contribution in [0.4, 0.5) is 0 Å². The van der Waals surface area contributed by atoms with Gasteiger partial charge in [-0.25, -0.2) is 0 Å². The topological polar surface area (TPSA) is 83.5 Å². The zero-order valence-electron chi connectivity index (χ0n) is 14.0. The predicted octanol–water partition coefficient (Wildman–Crippen LogP) is 2.27. The van der Waals surface area contributed by atoms with E-state index in [1.54, 1.807) is 41.5 Å². The standard InChI is InChI=1S/C14H27O7P/c1-8(2)20-22(16,21-9(3)4)13-12-11(10(7-15)17-13)18-14(5,6)19-12/h8-13,15H,7H2,1-6H3. The van der Waals surface area contributed by atoms with Gasteiger partial charge in [-0.2, -0.15) is 0 Å². The summed E-state index contributed by atoms with van der Waals surface area (Å²) < 4.78 is 41.8. The third-order valence-electron chi connectivity index (χ3n) is 3.33. The fraction of sp³-hybridized carbons (Fsp3) is 1.00. The van der Waals surface area contributed by atoms with Crippen LogP contribution in [-0.2, 0) is 27.8 Å². The molecule has 1 N–H and O–H groups in total. The van der Waals surface area contributed by atoms with Crippen molar-refractivity contribution < 1.29 is 32.9 Å². The summed E-state index contributed by atoms with van der Waals surface area (Å²) in [5.74, 6) is -1.74. The van der Waals surface area contributed by atoms with Gasteiger partial charge in [-0.05, 0) is 41.5 Å². The summed E-state index contributed by atoms with van der Waals surface area (Å²) in [6.07, 6.45) is -2.30. The van der Waals surface area contributed by atoms with Gasteiger partial charge < -0.3 is 28.4 Å². The lowest BCUT2D eigenvalue weighted by Crippen LogP contribution is -2.32. The van der Waals surface area contributed by atoms with Crippen LogP contribution in [0.1, 0.15) is 41.5 Å². The highest BCUT2D eigenvalue weighted by molar-refractivity contribution is 7.54. The van der Waals surface area contributed by atoms with Gasteiger partial charge >= 0.3 is 7.60 Å². The molecular formula is C14H27O7P. The van der Waals surface area contributed by atoms with Gasteiger partial charge in [0, 0.05) is 0 Å². The third kappa shape index (κ3) is 3.73.